The lowest BCUT2D eigenvalue weighted by atomic mass is 9.94. The van der Waals surface area contributed by atoms with E-state index in [0.717, 1.165) is 0 Å². The Bertz CT molecular complexity index is 471. The van der Waals surface area contributed by atoms with E-state index in [4.69, 9.17) is 0 Å². The number of rotatable bonds is 5. The molecular formula is C11H12N4O2. The summed E-state index contributed by atoms with van der Waals surface area (Å²) in [4.78, 5) is 14.3. The van der Waals surface area contributed by atoms with Gasteiger partial charge in [0, 0.05) is 0 Å². The van der Waals surface area contributed by atoms with Crippen LogP contribution in [0.5, 0.6) is 0 Å². The molecule has 6 heteroatoms. The highest BCUT2D eigenvalue weighted by Gasteiger charge is 2.30. The lowest BCUT2D eigenvalue weighted by Crippen LogP contribution is -2.34. The summed E-state index contributed by atoms with van der Waals surface area (Å²) in [7, 11) is 0. The van der Waals surface area contributed by atoms with Crippen molar-refractivity contribution in [3.63, 3.8) is 0 Å². The van der Waals surface area contributed by atoms with Crippen LogP contribution < -0.4 is 0 Å². The van der Waals surface area contributed by atoms with Gasteiger partial charge in [-0.05, 0) is 5.56 Å². The Balaban J connectivity index is 2.29. The largest absolute Gasteiger partial charge is 0.381 e. The second kappa shape index (κ2) is 4.84. The highest BCUT2D eigenvalue weighted by atomic mass is 16.3. The molecule has 0 aliphatic rings. The first-order valence-corrected chi connectivity index (χ1v) is 5.14. The predicted molar refractivity (Wildman–Crippen MR) is 61.0 cm³/mol. The molecule has 1 unspecified atom stereocenters. The minimum absolute atomic E-state index is 0.142. The molecule has 2 aromatic rings. The maximum Gasteiger partial charge on any atom is 0.137 e. The first-order valence-electron chi connectivity index (χ1n) is 5.14. The zero-order valence-electron chi connectivity index (χ0n) is 9.10. The van der Waals surface area contributed by atoms with Crippen molar-refractivity contribution in [3.05, 3.63) is 53.5 Å². The first-order chi connectivity index (χ1) is 8.24. The van der Waals surface area contributed by atoms with E-state index in [-0.39, 0.29) is 13.1 Å². The van der Waals surface area contributed by atoms with Gasteiger partial charge in [-0.15, -0.1) is 0 Å². The lowest BCUT2D eigenvalue weighted by molar-refractivity contribution is 0.0241. The SMILES string of the molecule is O=NCC(O)(Cn1cncn1)c1ccccc1. The highest BCUT2D eigenvalue weighted by molar-refractivity contribution is 5.22. The number of hydrogen-bond donors (Lipinski definition) is 1. The molecular weight excluding hydrogens is 220 g/mol. The molecule has 1 heterocycles. The molecule has 6 nitrogen and oxygen atoms in total. The third-order valence-electron chi connectivity index (χ3n) is 2.53. The van der Waals surface area contributed by atoms with E-state index < -0.39 is 5.60 Å². The van der Waals surface area contributed by atoms with Crippen molar-refractivity contribution in [2.75, 3.05) is 6.54 Å². The number of benzene rings is 1. The number of aromatic nitrogens is 3. The van der Waals surface area contributed by atoms with Gasteiger partial charge >= 0.3 is 0 Å². The van der Waals surface area contributed by atoms with Crippen LogP contribution in [0.4, 0.5) is 0 Å². The van der Waals surface area contributed by atoms with Crippen LogP contribution in [0.15, 0.2) is 48.2 Å². The van der Waals surface area contributed by atoms with Gasteiger partial charge in [-0.25, -0.2) is 9.67 Å². The lowest BCUT2D eigenvalue weighted by Gasteiger charge is -2.25. The van der Waals surface area contributed by atoms with Crippen molar-refractivity contribution in [1.29, 1.82) is 0 Å². The first kappa shape index (κ1) is 11.4. The van der Waals surface area contributed by atoms with Crippen molar-refractivity contribution < 1.29 is 5.11 Å². The summed E-state index contributed by atoms with van der Waals surface area (Å²) >= 11 is 0. The van der Waals surface area contributed by atoms with Gasteiger partial charge < -0.3 is 5.11 Å². The average Bonchev–Trinajstić information content (AvgIpc) is 2.83. The van der Waals surface area contributed by atoms with Gasteiger partial charge in [0.1, 0.15) is 24.8 Å². The van der Waals surface area contributed by atoms with E-state index in [2.05, 4.69) is 15.3 Å². The van der Waals surface area contributed by atoms with Gasteiger partial charge in [-0.3, -0.25) is 0 Å². The Hall–Kier alpha value is -2.08. The predicted octanol–water partition coefficient (Wildman–Crippen LogP) is 0.932. The van der Waals surface area contributed by atoms with Crippen molar-refractivity contribution >= 4 is 0 Å². The molecule has 1 N–H and O–H groups in total. The van der Waals surface area contributed by atoms with Gasteiger partial charge in [0.05, 0.1) is 6.54 Å². The second-order valence-electron chi connectivity index (χ2n) is 3.78. The second-order valence-corrected chi connectivity index (χ2v) is 3.78. The molecule has 0 fully saturated rings. The van der Waals surface area contributed by atoms with E-state index in [9.17, 15) is 10.0 Å². The summed E-state index contributed by atoms with van der Waals surface area (Å²) in [6, 6.07) is 8.94. The molecule has 1 atom stereocenters. The summed E-state index contributed by atoms with van der Waals surface area (Å²) in [5.41, 5.74) is -0.716. The van der Waals surface area contributed by atoms with Gasteiger partial charge in [-0.1, -0.05) is 35.5 Å². The van der Waals surface area contributed by atoms with Crippen LogP contribution in [0.2, 0.25) is 0 Å². The third kappa shape index (κ3) is 2.54. The monoisotopic (exact) mass is 232 g/mol. The van der Waals surface area contributed by atoms with Crippen molar-refractivity contribution in [2.45, 2.75) is 12.1 Å². The Morgan fingerprint density at radius 1 is 1.35 bits per heavy atom. The van der Waals surface area contributed by atoms with Crippen LogP contribution in [0, 0.1) is 4.91 Å². The quantitative estimate of drug-likeness (QED) is 0.778. The zero-order chi connectivity index (χ0) is 12.1. The van der Waals surface area contributed by atoms with Crippen LogP contribution in [0.3, 0.4) is 0 Å². The fraction of sp³-hybridized carbons (Fsp3) is 0.273. The molecule has 88 valence electrons. The minimum atomic E-state index is -1.35. The van der Waals surface area contributed by atoms with Crippen LogP contribution in [-0.4, -0.2) is 26.4 Å². The van der Waals surface area contributed by atoms with E-state index in [1.807, 2.05) is 6.07 Å². The fourth-order valence-corrected chi connectivity index (χ4v) is 1.67. The van der Waals surface area contributed by atoms with Gasteiger partial charge in [-0.2, -0.15) is 10.0 Å². The molecule has 0 amide bonds. The summed E-state index contributed by atoms with van der Waals surface area (Å²) in [6.45, 7) is -0.0837. The normalized spacial score (nSPS) is 14.2. The molecule has 0 aliphatic heterocycles. The molecule has 1 aromatic heterocycles. The molecule has 2 rings (SSSR count). The van der Waals surface area contributed by atoms with E-state index in [1.54, 1.807) is 24.3 Å². The summed E-state index contributed by atoms with van der Waals surface area (Å²) in [5.74, 6) is 0. The number of nitroso groups, excluding NO2 is 1. The van der Waals surface area contributed by atoms with Crippen LogP contribution in [0.25, 0.3) is 0 Å². The van der Waals surface area contributed by atoms with Gasteiger partial charge in [0.15, 0.2) is 0 Å². The molecule has 0 aliphatic carbocycles. The third-order valence-corrected chi connectivity index (χ3v) is 2.53. The Labute approximate surface area is 97.9 Å². The highest BCUT2D eigenvalue weighted by Crippen LogP contribution is 2.23. The van der Waals surface area contributed by atoms with Crippen molar-refractivity contribution in [3.8, 4) is 0 Å². The van der Waals surface area contributed by atoms with Crippen LogP contribution in [0.1, 0.15) is 5.56 Å². The Morgan fingerprint density at radius 3 is 2.71 bits per heavy atom. The van der Waals surface area contributed by atoms with Crippen molar-refractivity contribution in [2.24, 2.45) is 5.18 Å². The summed E-state index contributed by atoms with van der Waals surface area (Å²) in [6.07, 6.45) is 2.86. The molecule has 0 saturated carbocycles. The fourth-order valence-electron chi connectivity index (χ4n) is 1.67. The molecule has 0 radical (unpaired) electrons. The molecule has 0 spiro atoms. The average molecular weight is 232 g/mol. The summed E-state index contributed by atoms with van der Waals surface area (Å²) in [5, 5.41) is 17.2. The molecule has 0 saturated heterocycles. The van der Waals surface area contributed by atoms with E-state index >= 15 is 0 Å². The van der Waals surface area contributed by atoms with E-state index in [1.165, 1.54) is 17.3 Å². The molecule has 17 heavy (non-hydrogen) atoms. The maximum absolute atomic E-state index is 10.5. The molecule has 1 aromatic carbocycles. The Morgan fingerprint density at radius 2 is 2.12 bits per heavy atom. The zero-order valence-corrected chi connectivity index (χ0v) is 9.10. The standard InChI is InChI=1S/C11H12N4O2/c16-11(6-14-17,7-15-9-12-8-13-15)10-4-2-1-3-5-10/h1-5,8-9,16H,6-7H2. The summed E-state index contributed by atoms with van der Waals surface area (Å²) < 4.78 is 1.47. The van der Waals surface area contributed by atoms with Crippen molar-refractivity contribution in [1.82, 2.24) is 14.8 Å². The topological polar surface area (TPSA) is 80.4 Å². The number of hydrogen-bond acceptors (Lipinski definition) is 5. The van der Waals surface area contributed by atoms with E-state index in [0.29, 0.717) is 5.56 Å². The smallest absolute Gasteiger partial charge is 0.137 e. The Kier molecular flexibility index (Phi) is 3.24. The maximum atomic E-state index is 10.5. The van der Waals surface area contributed by atoms with Crippen LogP contribution in [-0.2, 0) is 12.1 Å². The minimum Gasteiger partial charge on any atom is -0.381 e. The van der Waals surface area contributed by atoms with Gasteiger partial charge in [0.2, 0.25) is 0 Å². The molecule has 0 bridgehead atoms. The number of nitrogens with zero attached hydrogens (tertiary/aromatic N) is 4. The van der Waals surface area contributed by atoms with Gasteiger partial charge in [0.25, 0.3) is 0 Å². The number of aliphatic hydroxyl groups is 1. The van der Waals surface area contributed by atoms with Crippen LogP contribution >= 0.6 is 0 Å².